The lowest BCUT2D eigenvalue weighted by molar-refractivity contribution is 0.0601. The van der Waals surface area contributed by atoms with E-state index in [0.717, 1.165) is 21.3 Å². The van der Waals surface area contributed by atoms with Crippen LogP contribution in [0.5, 0.6) is 0 Å². The number of carbonyl (C=O) groups is 1. The van der Waals surface area contributed by atoms with Crippen molar-refractivity contribution in [3.05, 3.63) is 86.7 Å². The van der Waals surface area contributed by atoms with E-state index in [0.29, 0.717) is 27.9 Å². The van der Waals surface area contributed by atoms with Gasteiger partial charge in [0, 0.05) is 30.9 Å². The lowest BCUT2D eigenvalue weighted by Crippen LogP contribution is -2.37. The number of hydrogen-bond donors (Lipinski definition) is 0. The lowest BCUT2D eigenvalue weighted by Gasteiger charge is -2.18. The third kappa shape index (κ3) is 3.24. The first-order valence-corrected chi connectivity index (χ1v) is 9.69. The topological polar surface area (TPSA) is 83.2 Å². The van der Waals surface area contributed by atoms with Crippen molar-refractivity contribution in [2.75, 3.05) is 7.11 Å². The number of aryl methyl sites for hydroxylation is 2. The summed E-state index contributed by atoms with van der Waals surface area (Å²) in [5.74, 6) is -0.424. The van der Waals surface area contributed by atoms with Gasteiger partial charge in [-0.3, -0.25) is 13.9 Å². The SMILES string of the molecule is COC(=O)c1ccc(-c2c(C)nc3c(c2-c2ccccc2)c(=O)n(C)c(=O)n3C)cc1. The number of rotatable bonds is 3. The van der Waals surface area contributed by atoms with Gasteiger partial charge in [0.1, 0.15) is 5.65 Å². The number of carbonyl (C=O) groups excluding carboxylic acids is 1. The summed E-state index contributed by atoms with van der Waals surface area (Å²) in [7, 11) is 4.40. The molecule has 0 radical (unpaired) electrons. The molecule has 0 spiro atoms. The van der Waals surface area contributed by atoms with E-state index >= 15 is 0 Å². The Labute approximate surface area is 178 Å². The normalized spacial score (nSPS) is 11.0. The number of aromatic nitrogens is 3. The van der Waals surface area contributed by atoms with Gasteiger partial charge in [-0.2, -0.15) is 0 Å². The smallest absolute Gasteiger partial charge is 0.337 e. The summed E-state index contributed by atoms with van der Waals surface area (Å²) >= 11 is 0. The van der Waals surface area contributed by atoms with Crippen molar-refractivity contribution < 1.29 is 9.53 Å². The van der Waals surface area contributed by atoms with Crippen LogP contribution in [-0.4, -0.2) is 27.2 Å². The zero-order chi connectivity index (χ0) is 22.3. The van der Waals surface area contributed by atoms with Crippen LogP contribution in [0.25, 0.3) is 33.3 Å². The highest BCUT2D eigenvalue weighted by atomic mass is 16.5. The number of pyridine rings is 1. The van der Waals surface area contributed by atoms with Crippen LogP contribution in [0.15, 0.2) is 64.2 Å². The van der Waals surface area contributed by atoms with Crippen LogP contribution in [0.2, 0.25) is 0 Å². The van der Waals surface area contributed by atoms with Gasteiger partial charge in [-0.25, -0.2) is 14.6 Å². The molecule has 156 valence electrons. The van der Waals surface area contributed by atoms with E-state index in [1.54, 1.807) is 31.3 Å². The number of ether oxygens (including phenoxy) is 1. The maximum Gasteiger partial charge on any atom is 0.337 e. The van der Waals surface area contributed by atoms with Gasteiger partial charge in [-0.1, -0.05) is 42.5 Å². The summed E-state index contributed by atoms with van der Waals surface area (Å²) in [6, 6.07) is 16.5. The Morgan fingerprint density at radius 1 is 0.871 bits per heavy atom. The van der Waals surface area contributed by atoms with Gasteiger partial charge in [0.25, 0.3) is 5.56 Å². The average Bonchev–Trinajstić information content (AvgIpc) is 2.80. The van der Waals surface area contributed by atoms with Crippen molar-refractivity contribution in [3.63, 3.8) is 0 Å². The molecule has 0 N–H and O–H groups in total. The van der Waals surface area contributed by atoms with Crippen molar-refractivity contribution in [1.82, 2.24) is 14.1 Å². The van der Waals surface area contributed by atoms with Gasteiger partial charge < -0.3 is 4.74 Å². The maximum absolute atomic E-state index is 13.2. The molecule has 0 bridgehead atoms. The van der Waals surface area contributed by atoms with Crippen LogP contribution in [0, 0.1) is 6.92 Å². The van der Waals surface area contributed by atoms with Crippen molar-refractivity contribution >= 4 is 17.0 Å². The summed E-state index contributed by atoms with van der Waals surface area (Å²) in [5, 5.41) is 0.369. The molecule has 31 heavy (non-hydrogen) atoms. The lowest BCUT2D eigenvalue weighted by atomic mass is 9.91. The van der Waals surface area contributed by atoms with Gasteiger partial charge in [0.15, 0.2) is 0 Å². The zero-order valence-electron chi connectivity index (χ0n) is 17.7. The predicted octanol–water partition coefficient (Wildman–Crippen LogP) is 3.06. The minimum atomic E-state index is -0.432. The summed E-state index contributed by atoms with van der Waals surface area (Å²) in [6.07, 6.45) is 0. The Hall–Kier alpha value is -4.00. The minimum Gasteiger partial charge on any atom is -0.465 e. The molecule has 2 aromatic heterocycles. The van der Waals surface area contributed by atoms with Gasteiger partial charge in [0.05, 0.1) is 18.1 Å². The van der Waals surface area contributed by atoms with Crippen molar-refractivity contribution in [2.45, 2.75) is 6.92 Å². The van der Waals surface area contributed by atoms with E-state index < -0.39 is 17.2 Å². The number of fused-ring (bicyclic) bond motifs is 1. The first-order valence-electron chi connectivity index (χ1n) is 9.69. The fourth-order valence-electron chi connectivity index (χ4n) is 3.84. The van der Waals surface area contributed by atoms with Crippen LogP contribution in [0.1, 0.15) is 16.1 Å². The first-order chi connectivity index (χ1) is 14.8. The summed E-state index contributed by atoms with van der Waals surface area (Å²) in [4.78, 5) is 42.2. The van der Waals surface area contributed by atoms with Crippen LogP contribution in [0.4, 0.5) is 0 Å². The molecule has 2 aromatic carbocycles. The molecule has 7 heteroatoms. The molecular weight excluding hydrogens is 394 g/mol. The third-order valence-electron chi connectivity index (χ3n) is 5.43. The number of nitrogens with zero attached hydrogens (tertiary/aromatic N) is 3. The second-order valence-electron chi connectivity index (χ2n) is 7.29. The molecule has 4 rings (SSSR count). The Morgan fingerprint density at radius 2 is 1.48 bits per heavy atom. The molecule has 0 aliphatic rings. The van der Waals surface area contributed by atoms with Crippen molar-refractivity contribution in [2.24, 2.45) is 14.1 Å². The number of hydrogen-bond acceptors (Lipinski definition) is 5. The highest BCUT2D eigenvalue weighted by Crippen LogP contribution is 2.37. The summed E-state index contributed by atoms with van der Waals surface area (Å²) < 4.78 is 7.26. The molecule has 0 atom stereocenters. The maximum atomic E-state index is 13.2. The molecule has 4 aromatic rings. The van der Waals surface area contributed by atoms with E-state index in [4.69, 9.17) is 4.74 Å². The zero-order valence-corrected chi connectivity index (χ0v) is 17.7. The predicted molar refractivity (Wildman–Crippen MR) is 119 cm³/mol. The van der Waals surface area contributed by atoms with Crippen molar-refractivity contribution in [1.29, 1.82) is 0 Å². The first kappa shape index (κ1) is 20.3. The Bertz CT molecular complexity index is 1430. The number of esters is 1. The Balaban J connectivity index is 2.16. The molecule has 0 saturated heterocycles. The fourth-order valence-corrected chi connectivity index (χ4v) is 3.84. The highest BCUT2D eigenvalue weighted by Gasteiger charge is 2.22. The fraction of sp³-hybridized carbons (Fsp3) is 0.167. The number of benzene rings is 2. The number of methoxy groups -OCH3 is 1. The second-order valence-corrected chi connectivity index (χ2v) is 7.29. The molecule has 7 nitrogen and oxygen atoms in total. The van der Waals surface area contributed by atoms with Crippen LogP contribution < -0.4 is 11.2 Å². The Kier molecular flexibility index (Phi) is 5.02. The largest absolute Gasteiger partial charge is 0.465 e. The molecule has 0 fully saturated rings. The van der Waals surface area contributed by atoms with Crippen LogP contribution in [-0.2, 0) is 18.8 Å². The van der Waals surface area contributed by atoms with Gasteiger partial charge in [0.2, 0.25) is 0 Å². The summed E-state index contributed by atoms with van der Waals surface area (Å²) in [5.41, 5.74) is 3.69. The van der Waals surface area contributed by atoms with E-state index in [-0.39, 0.29) is 0 Å². The van der Waals surface area contributed by atoms with Gasteiger partial charge in [-0.15, -0.1) is 0 Å². The molecule has 0 saturated carbocycles. The monoisotopic (exact) mass is 415 g/mol. The quantitative estimate of drug-likeness (QED) is 0.480. The minimum absolute atomic E-state index is 0.333. The Morgan fingerprint density at radius 3 is 2.10 bits per heavy atom. The van der Waals surface area contributed by atoms with Crippen LogP contribution in [0.3, 0.4) is 0 Å². The van der Waals surface area contributed by atoms with Gasteiger partial charge in [-0.05, 0) is 30.2 Å². The van der Waals surface area contributed by atoms with E-state index in [2.05, 4.69) is 4.98 Å². The van der Waals surface area contributed by atoms with E-state index in [1.165, 1.54) is 18.7 Å². The molecule has 2 heterocycles. The second kappa shape index (κ2) is 7.68. The molecule has 0 aliphatic carbocycles. The van der Waals surface area contributed by atoms with Crippen LogP contribution >= 0.6 is 0 Å². The molecule has 0 unspecified atom stereocenters. The highest BCUT2D eigenvalue weighted by molar-refractivity contribution is 6.02. The molecule has 0 amide bonds. The third-order valence-corrected chi connectivity index (χ3v) is 5.43. The summed E-state index contributed by atoms with van der Waals surface area (Å²) in [6.45, 7) is 1.84. The standard InChI is InChI=1S/C24H21N3O4/c1-14-18(16-10-12-17(13-11-16)23(29)31-4)19(15-8-6-5-7-9-15)20-21(25-14)26(2)24(30)27(3)22(20)28/h5-13H,1-4H3. The van der Waals surface area contributed by atoms with Gasteiger partial charge >= 0.3 is 11.7 Å². The molecular formula is C24H21N3O4. The van der Waals surface area contributed by atoms with Crippen molar-refractivity contribution in [3.8, 4) is 22.3 Å². The molecule has 0 aliphatic heterocycles. The van der Waals surface area contributed by atoms with E-state index in [9.17, 15) is 14.4 Å². The van der Waals surface area contributed by atoms with E-state index in [1.807, 2.05) is 37.3 Å². The average molecular weight is 415 g/mol.